The number of anilines is 1. The predicted molar refractivity (Wildman–Crippen MR) is 86.6 cm³/mol. The van der Waals surface area contributed by atoms with Gasteiger partial charge in [0.25, 0.3) is 10.0 Å². The second kappa shape index (κ2) is 5.31. The fraction of sp³-hybridized carbons (Fsp3) is 0.0625. The first-order chi connectivity index (χ1) is 10.4. The van der Waals surface area contributed by atoms with Gasteiger partial charge in [0.1, 0.15) is 0 Å². The molecule has 22 heavy (non-hydrogen) atoms. The zero-order valence-corrected chi connectivity index (χ0v) is 12.6. The lowest BCUT2D eigenvalue weighted by atomic mass is 10.1. The second-order valence-electron chi connectivity index (χ2n) is 5.06. The van der Waals surface area contributed by atoms with Gasteiger partial charge in [0.2, 0.25) is 5.56 Å². The van der Waals surface area contributed by atoms with Crippen molar-refractivity contribution in [2.45, 2.75) is 11.8 Å². The van der Waals surface area contributed by atoms with E-state index in [1.165, 1.54) is 6.07 Å². The topological polar surface area (TPSA) is 79.0 Å². The Morgan fingerprint density at radius 3 is 2.41 bits per heavy atom. The third-order valence-electron chi connectivity index (χ3n) is 3.33. The average Bonchev–Trinajstić information content (AvgIpc) is 2.47. The summed E-state index contributed by atoms with van der Waals surface area (Å²) < 4.78 is 27.2. The van der Waals surface area contributed by atoms with E-state index < -0.39 is 10.0 Å². The van der Waals surface area contributed by atoms with Crippen molar-refractivity contribution >= 4 is 26.5 Å². The molecule has 0 spiro atoms. The molecule has 2 aromatic carbocycles. The molecule has 6 heteroatoms. The number of aromatic nitrogens is 1. The van der Waals surface area contributed by atoms with Crippen LogP contribution in [0, 0.1) is 6.92 Å². The van der Waals surface area contributed by atoms with E-state index in [4.69, 9.17) is 0 Å². The maximum Gasteiger partial charge on any atom is 0.261 e. The number of rotatable bonds is 3. The Kier molecular flexibility index (Phi) is 3.46. The van der Waals surface area contributed by atoms with Crippen molar-refractivity contribution in [2.75, 3.05) is 4.72 Å². The molecule has 1 heterocycles. The highest BCUT2D eigenvalue weighted by Gasteiger charge is 2.13. The maximum atomic E-state index is 12.3. The number of aryl methyl sites for hydroxylation is 1. The lowest BCUT2D eigenvalue weighted by Crippen LogP contribution is -2.13. The summed E-state index contributed by atoms with van der Waals surface area (Å²) in [7, 11) is -3.64. The Morgan fingerprint density at radius 2 is 1.68 bits per heavy atom. The van der Waals surface area contributed by atoms with Crippen LogP contribution in [0.4, 0.5) is 5.69 Å². The van der Waals surface area contributed by atoms with Crippen molar-refractivity contribution in [2.24, 2.45) is 0 Å². The van der Waals surface area contributed by atoms with E-state index in [0.717, 1.165) is 10.9 Å². The van der Waals surface area contributed by atoms with Crippen LogP contribution in [0.3, 0.4) is 0 Å². The van der Waals surface area contributed by atoms with E-state index in [-0.39, 0.29) is 10.5 Å². The van der Waals surface area contributed by atoms with Crippen LogP contribution in [0.2, 0.25) is 0 Å². The van der Waals surface area contributed by atoms with Crippen LogP contribution in [0.1, 0.15) is 5.56 Å². The van der Waals surface area contributed by atoms with Gasteiger partial charge in [0, 0.05) is 18.0 Å². The normalized spacial score (nSPS) is 11.5. The smallest absolute Gasteiger partial charge is 0.261 e. The molecule has 0 atom stereocenters. The van der Waals surface area contributed by atoms with Gasteiger partial charge in [-0.15, -0.1) is 0 Å². The molecule has 0 unspecified atom stereocenters. The fourth-order valence-electron chi connectivity index (χ4n) is 2.16. The summed E-state index contributed by atoms with van der Waals surface area (Å²) in [5.41, 5.74) is 1.17. The summed E-state index contributed by atoms with van der Waals surface area (Å²) in [5, 5.41) is 1.51. The van der Waals surface area contributed by atoms with Gasteiger partial charge in [-0.05, 0) is 42.0 Å². The second-order valence-corrected chi connectivity index (χ2v) is 6.74. The summed E-state index contributed by atoms with van der Waals surface area (Å²) in [5.74, 6) is 0. The van der Waals surface area contributed by atoms with Crippen LogP contribution in [0.15, 0.2) is 64.4 Å². The van der Waals surface area contributed by atoms with E-state index in [1.54, 1.807) is 48.7 Å². The minimum atomic E-state index is -3.64. The summed E-state index contributed by atoms with van der Waals surface area (Å²) in [4.78, 5) is 14.1. The van der Waals surface area contributed by atoms with E-state index in [2.05, 4.69) is 9.71 Å². The summed E-state index contributed by atoms with van der Waals surface area (Å²) in [6.45, 7) is 1.89. The Morgan fingerprint density at radius 1 is 0.955 bits per heavy atom. The molecular formula is C16H14N2O3S. The van der Waals surface area contributed by atoms with E-state index in [0.29, 0.717) is 11.1 Å². The van der Waals surface area contributed by atoms with Crippen LogP contribution in [0.5, 0.6) is 0 Å². The molecule has 0 radical (unpaired) electrons. The lowest BCUT2D eigenvalue weighted by molar-refractivity contribution is 0.601. The number of pyridine rings is 1. The van der Waals surface area contributed by atoms with Crippen molar-refractivity contribution in [3.8, 4) is 0 Å². The average molecular weight is 314 g/mol. The molecule has 112 valence electrons. The van der Waals surface area contributed by atoms with Crippen LogP contribution < -0.4 is 10.3 Å². The van der Waals surface area contributed by atoms with Crippen LogP contribution in [-0.2, 0) is 10.0 Å². The first-order valence-corrected chi connectivity index (χ1v) is 8.14. The molecule has 2 N–H and O–H groups in total. The van der Waals surface area contributed by atoms with E-state index in [1.807, 2.05) is 6.92 Å². The number of fused-ring (bicyclic) bond motifs is 1. The van der Waals surface area contributed by atoms with Crippen LogP contribution in [-0.4, -0.2) is 13.4 Å². The minimum absolute atomic E-state index is 0.198. The van der Waals surface area contributed by atoms with Crippen molar-refractivity contribution in [1.82, 2.24) is 4.98 Å². The Balaban J connectivity index is 1.98. The fourth-order valence-corrected chi connectivity index (χ4v) is 3.21. The van der Waals surface area contributed by atoms with Crippen molar-refractivity contribution in [3.05, 3.63) is 70.6 Å². The Bertz CT molecular complexity index is 990. The molecule has 3 rings (SSSR count). The third-order valence-corrected chi connectivity index (χ3v) is 4.72. The highest BCUT2D eigenvalue weighted by Crippen LogP contribution is 2.20. The number of H-pyrrole nitrogens is 1. The number of benzene rings is 2. The molecule has 0 fully saturated rings. The first-order valence-electron chi connectivity index (χ1n) is 6.66. The quantitative estimate of drug-likeness (QED) is 0.780. The predicted octanol–water partition coefficient (Wildman–Crippen LogP) is 2.64. The molecule has 0 saturated carbocycles. The van der Waals surface area contributed by atoms with Crippen molar-refractivity contribution < 1.29 is 8.42 Å². The number of aromatic amines is 1. The standard InChI is InChI=1S/C16H14N2O3S/c1-11-2-6-15(7-3-11)22(20,21)18-14-5-4-12-10-17-16(19)9-13(12)8-14/h2-10,18H,1H3,(H,17,19). The number of nitrogens with one attached hydrogen (secondary N) is 2. The summed E-state index contributed by atoms with van der Waals surface area (Å²) >= 11 is 0. The van der Waals surface area contributed by atoms with Gasteiger partial charge in [0.05, 0.1) is 4.90 Å². The maximum absolute atomic E-state index is 12.3. The number of sulfonamides is 1. The molecule has 0 aliphatic heterocycles. The molecular weight excluding hydrogens is 300 g/mol. The van der Waals surface area contributed by atoms with Crippen LogP contribution >= 0.6 is 0 Å². The summed E-state index contributed by atoms with van der Waals surface area (Å²) in [6.07, 6.45) is 1.59. The Hall–Kier alpha value is -2.60. The zero-order chi connectivity index (χ0) is 15.7. The van der Waals surface area contributed by atoms with Crippen LogP contribution in [0.25, 0.3) is 10.8 Å². The van der Waals surface area contributed by atoms with Crippen molar-refractivity contribution in [3.63, 3.8) is 0 Å². The van der Waals surface area contributed by atoms with E-state index in [9.17, 15) is 13.2 Å². The molecule has 0 saturated heterocycles. The molecule has 0 bridgehead atoms. The number of hydrogen-bond donors (Lipinski definition) is 2. The molecule has 0 aliphatic carbocycles. The van der Waals surface area contributed by atoms with Gasteiger partial charge in [-0.1, -0.05) is 23.8 Å². The number of hydrogen-bond acceptors (Lipinski definition) is 3. The van der Waals surface area contributed by atoms with Crippen molar-refractivity contribution in [1.29, 1.82) is 0 Å². The summed E-state index contributed by atoms with van der Waals surface area (Å²) in [6, 6.07) is 13.1. The largest absolute Gasteiger partial charge is 0.328 e. The molecule has 3 aromatic rings. The van der Waals surface area contributed by atoms with E-state index >= 15 is 0 Å². The third kappa shape index (κ3) is 2.87. The monoisotopic (exact) mass is 314 g/mol. The first kappa shape index (κ1) is 14.3. The molecule has 0 amide bonds. The van der Waals surface area contributed by atoms with Gasteiger partial charge < -0.3 is 4.98 Å². The van der Waals surface area contributed by atoms with Gasteiger partial charge in [0.15, 0.2) is 0 Å². The molecule has 5 nitrogen and oxygen atoms in total. The zero-order valence-electron chi connectivity index (χ0n) is 11.8. The van der Waals surface area contributed by atoms with Gasteiger partial charge in [-0.3, -0.25) is 9.52 Å². The highest BCUT2D eigenvalue weighted by atomic mass is 32.2. The minimum Gasteiger partial charge on any atom is -0.328 e. The lowest BCUT2D eigenvalue weighted by Gasteiger charge is -2.09. The molecule has 0 aliphatic rings. The molecule has 1 aromatic heterocycles. The SMILES string of the molecule is Cc1ccc(S(=O)(=O)Nc2ccc3c[nH]c(=O)cc3c2)cc1. The Labute approximate surface area is 127 Å². The van der Waals surface area contributed by atoms with Gasteiger partial charge in [-0.2, -0.15) is 0 Å². The van der Waals surface area contributed by atoms with Gasteiger partial charge >= 0.3 is 0 Å². The highest BCUT2D eigenvalue weighted by molar-refractivity contribution is 7.92. The van der Waals surface area contributed by atoms with Gasteiger partial charge in [-0.25, -0.2) is 8.42 Å².